The van der Waals surface area contributed by atoms with Crippen molar-refractivity contribution in [3.8, 4) is 5.75 Å². The first-order chi connectivity index (χ1) is 12.7. The Balaban J connectivity index is 1.59. The molecule has 0 aliphatic carbocycles. The average Bonchev–Trinajstić information content (AvgIpc) is 3.17. The minimum absolute atomic E-state index is 0.125. The van der Waals surface area contributed by atoms with Crippen molar-refractivity contribution in [1.82, 2.24) is 15.5 Å². The van der Waals surface area contributed by atoms with Gasteiger partial charge in [-0.2, -0.15) is 0 Å². The number of hydrogen-bond acceptors (Lipinski definition) is 6. The highest BCUT2D eigenvalue weighted by Crippen LogP contribution is 2.15. The van der Waals surface area contributed by atoms with Gasteiger partial charge in [0.05, 0.1) is 7.11 Å². The second-order valence-corrected chi connectivity index (χ2v) is 6.24. The quantitative estimate of drug-likeness (QED) is 0.698. The van der Waals surface area contributed by atoms with E-state index >= 15 is 0 Å². The predicted octanol–water partition coefficient (Wildman–Crippen LogP) is 2.73. The number of hydrogen-bond donors (Lipinski definition) is 2. The largest absolute Gasteiger partial charge is 0.497 e. The van der Waals surface area contributed by atoms with E-state index in [1.807, 2.05) is 42.5 Å². The van der Waals surface area contributed by atoms with Crippen molar-refractivity contribution >= 4 is 28.8 Å². The molecule has 2 amide bonds. The number of rotatable bonds is 6. The van der Waals surface area contributed by atoms with E-state index in [0.717, 1.165) is 16.9 Å². The zero-order valence-corrected chi connectivity index (χ0v) is 14.7. The average molecular weight is 368 g/mol. The zero-order valence-electron chi connectivity index (χ0n) is 13.9. The molecule has 7 nitrogen and oxygen atoms in total. The minimum Gasteiger partial charge on any atom is -0.497 e. The summed E-state index contributed by atoms with van der Waals surface area (Å²) in [6.07, 6.45) is 0. The molecule has 0 unspecified atom stereocenters. The molecule has 0 fully saturated rings. The molecular formula is C18H16N4O3S. The zero-order chi connectivity index (χ0) is 18.4. The molecule has 0 saturated heterocycles. The smallest absolute Gasteiger partial charge is 0.286 e. The van der Waals surface area contributed by atoms with Crippen LogP contribution in [0.5, 0.6) is 5.75 Å². The number of anilines is 1. The van der Waals surface area contributed by atoms with E-state index in [0.29, 0.717) is 18.0 Å². The number of amides is 2. The molecular weight excluding hydrogens is 352 g/mol. The Bertz CT molecular complexity index is 912. The summed E-state index contributed by atoms with van der Waals surface area (Å²) in [5.74, 6) is -0.0721. The van der Waals surface area contributed by atoms with Crippen LogP contribution >= 0.6 is 11.3 Å². The van der Waals surface area contributed by atoms with Crippen LogP contribution in [-0.2, 0) is 6.54 Å². The lowest BCUT2D eigenvalue weighted by molar-refractivity contribution is 0.0948. The van der Waals surface area contributed by atoms with Crippen LogP contribution in [0.3, 0.4) is 0 Å². The standard InChI is InChI=1S/C18H16N4O3S/c1-25-14-9-5-6-12(10-14)11-19-15(23)17-21-22-18(26-17)16(24)20-13-7-3-2-4-8-13/h2-10H,11H2,1H3,(H,19,23)(H,20,24). The highest BCUT2D eigenvalue weighted by Gasteiger charge is 2.17. The molecule has 0 aliphatic rings. The molecule has 0 aliphatic heterocycles. The molecule has 132 valence electrons. The molecule has 8 heteroatoms. The molecule has 0 atom stereocenters. The summed E-state index contributed by atoms with van der Waals surface area (Å²) < 4.78 is 5.15. The first kappa shape index (κ1) is 17.6. The van der Waals surface area contributed by atoms with E-state index in [4.69, 9.17) is 4.74 Å². The number of ether oxygens (including phenoxy) is 1. The minimum atomic E-state index is -0.402. The van der Waals surface area contributed by atoms with Crippen molar-refractivity contribution in [1.29, 1.82) is 0 Å². The van der Waals surface area contributed by atoms with Crippen LogP contribution in [0.15, 0.2) is 54.6 Å². The van der Waals surface area contributed by atoms with Gasteiger partial charge in [0, 0.05) is 12.2 Å². The van der Waals surface area contributed by atoms with E-state index < -0.39 is 5.91 Å². The van der Waals surface area contributed by atoms with E-state index in [-0.39, 0.29) is 15.9 Å². The van der Waals surface area contributed by atoms with Gasteiger partial charge in [0.15, 0.2) is 0 Å². The van der Waals surface area contributed by atoms with Crippen LogP contribution in [0.1, 0.15) is 25.2 Å². The molecule has 0 saturated carbocycles. The molecule has 0 spiro atoms. The summed E-state index contributed by atoms with van der Waals surface area (Å²) in [5, 5.41) is 13.3. The van der Waals surface area contributed by atoms with Gasteiger partial charge in [-0.15, -0.1) is 10.2 Å². The lowest BCUT2D eigenvalue weighted by Gasteiger charge is -2.05. The van der Waals surface area contributed by atoms with Gasteiger partial charge >= 0.3 is 0 Å². The van der Waals surface area contributed by atoms with Gasteiger partial charge < -0.3 is 15.4 Å². The van der Waals surface area contributed by atoms with Gasteiger partial charge in [0.25, 0.3) is 11.8 Å². The lowest BCUT2D eigenvalue weighted by atomic mass is 10.2. The van der Waals surface area contributed by atoms with E-state index in [1.54, 1.807) is 19.2 Å². The summed E-state index contributed by atoms with van der Waals surface area (Å²) in [4.78, 5) is 24.4. The van der Waals surface area contributed by atoms with E-state index in [9.17, 15) is 9.59 Å². The number of carbonyl (C=O) groups is 2. The van der Waals surface area contributed by atoms with Crippen molar-refractivity contribution < 1.29 is 14.3 Å². The molecule has 0 radical (unpaired) electrons. The molecule has 1 aromatic heterocycles. The molecule has 0 bridgehead atoms. The number of carbonyl (C=O) groups excluding carboxylic acids is 2. The topological polar surface area (TPSA) is 93.2 Å². The fraction of sp³-hybridized carbons (Fsp3) is 0.111. The van der Waals surface area contributed by atoms with Gasteiger partial charge in [-0.3, -0.25) is 9.59 Å². The number of nitrogens with one attached hydrogen (secondary N) is 2. The maximum absolute atomic E-state index is 12.2. The predicted molar refractivity (Wildman–Crippen MR) is 98.5 cm³/mol. The number of para-hydroxylation sites is 1. The first-order valence-electron chi connectivity index (χ1n) is 7.77. The van der Waals surface area contributed by atoms with Crippen molar-refractivity contribution in [2.45, 2.75) is 6.54 Å². The lowest BCUT2D eigenvalue weighted by Crippen LogP contribution is -2.22. The second kappa shape index (κ2) is 8.21. The van der Waals surface area contributed by atoms with Gasteiger partial charge in [-0.25, -0.2) is 0 Å². The maximum atomic E-state index is 12.2. The summed E-state index contributed by atoms with van der Waals surface area (Å²) in [6, 6.07) is 16.4. The third-order valence-electron chi connectivity index (χ3n) is 3.43. The highest BCUT2D eigenvalue weighted by atomic mass is 32.1. The van der Waals surface area contributed by atoms with Crippen molar-refractivity contribution in [3.05, 3.63) is 70.2 Å². The van der Waals surface area contributed by atoms with E-state index in [1.165, 1.54) is 0 Å². The van der Waals surface area contributed by atoms with Gasteiger partial charge in [0.2, 0.25) is 10.0 Å². The monoisotopic (exact) mass is 368 g/mol. The SMILES string of the molecule is COc1cccc(CNC(=O)c2nnc(C(=O)Nc3ccccc3)s2)c1. The van der Waals surface area contributed by atoms with Crippen LogP contribution in [0, 0.1) is 0 Å². The number of nitrogens with zero attached hydrogens (tertiary/aromatic N) is 2. The van der Waals surface area contributed by atoms with Crippen molar-refractivity contribution in [3.63, 3.8) is 0 Å². The second-order valence-electron chi connectivity index (χ2n) is 5.27. The van der Waals surface area contributed by atoms with Crippen LogP contribution in [-0.4, -0.2) is 29.1 Å². The van der Waals surface area contributed by atoms with Crippen LogP contribution in [0.2, 0.25) is 0 Å². The molecule has 3 rings (SSSR count). The van der Waals surface area contributed by atoms with Gasteiger partial charge in [0.1, 0.15) is 5.75 Å². The summed E-state index contributed by atoms with van der Waals surface area (Å²) in [7, 11) is 1.58. The number of aromatic nitrogens is 2. The van der Waals surface area contributed by atoms with Crippen LogP contribution in [0.25, 0.3) is 0 Å². The summed E-state index contributed by atoms with van der Waals surface area (Å²) >= 11 is 0.940. The molecule has 2 N–H and O–H groups in total. The molecule has 26 heavy (non-hydrogen) atoms. The highest BCUT2D eigenvalue weighted by molar-refractivity contribution is 7.15. The fourth-order valence-electron chi connectivity index (χ4n) is 2.15. The third-order valence-corrected chi connectivity index (χ3v) is 4.35. The normalized spacial score (nSPS) is 10.2. The Morgan fingerprint density at radius 1 is 1.00 bits per heavy atom. The number of benzene rings is 2. The Hall–Kier alpha value is -3.26. The Morgan fingerprint density at radius 2 is 1.73 bits per heavy atom. The summed E-state index contributed by atoms with van der Waals surface area (Å²) in [5.41, 5.74) is 1.54. The first-order valence-corrected chi connectivity index (χ1v) is 8.58. The summed E-state index contributed by atoms with van der Waals surface area (Å²) in [6.45, 7) is 0.321. The maximum Gasteiger partial charge on any atom is 0.286 e. The van der Waals surface area contributed by atoms with Crippen LogP contribution in [0.4, 0.5) is 5.69 Å². The van der Waals surface area contributed by atoms with Gasteiger partial charge in [-0.05, 0) is 29.8 Å². The fourth-order valence-corrected chi connectivity index (χ4v) is 2.81. The Morgan fingerprint density at radius 3 is 2.46 bits per heavy atom. The third kappa shape index (κ3) is 4.42. The molecule has 1 heterocycles. The Labute approximate surface area is 154 Å². The Kier molecular flexibility index (Phi) is 5.55. The van der Waals surface area contributed by atoms with Crippen molar-refractivity contribution in [2.24, 2.45) is 0 Å². The molecule has 2 aromatic carbocycles. The molecule has 3 aromatic rings. The van der Waals surface area contributed by atoms with Crippen molar-refractivity contribution in [2.75, 3.05) is 12.4 Å². The van der Waals surface area contributed by atoms with Crippen LogP contribution < -0.4 is 15.4 Å². The van der Waals surface area contributed by atoms with Gasteiger partial charge in [-0.1, -0.05) is 41.7 Å². The van der Waals surface area contributed by atoms with E-state index in [2.05, 4.69) is 20.8 Å². The number of methoxy groups -OCH3 is 1.